The molecule has 0 aliphatic carbocycles. The van der Waals surface area contributed by atoms with E-state index in [1.165, 1.54) is 17.4 Å². The number of halogens is 5. The first-order valence-corrected chi connectivity index (χ1v) is 10.6. The maximum Gasteiger partial charge on any atom is 0.417 e. The number of amides is 1. The molecule has 4 aromatic rings. The molecule has 1 amide bonds. The summed E-state index contributed by atoms with van der Waals surface area (Å²) in [7, 11) is 0. The summed E-state index contributed by atoms with van der Waals surface area (Å²) < 4.78 is 41.0. The van der Waals surface area contributed by atoms with E-state index in [1.807, 2.05) is 25.1 Å². The second kappa shape index (κ2) is 8.18. The molecule has 2 aromatic carbocycles. The molecule has 0 saturated carbocycles. The van der Waals surface area contributed by atoms with E-state index >= 15 is 0 Å². The molecule has 10 heteroatoms. The van der Waals surface area contributed by atoms with Gasteiger partial charge in [-0.1, -0.05) is 41.4 Å². The Morgan fingerprint density at radius 1 is 1.13 bits per heavy atom. The third kappa shape index (κ3) is 4.42. The van der Waals surface area contributed by atoms with Crippen molar-refractivity contribution in [3.8, 4) is 0 Å². The van der Waals surface area contributed by atoms with Crippen LogP contribution in [0, 0.1) is 6.92 Å². The van der Waals surface area contributed by atoms with E-state index in [2.05, 4.69) is 10.4 Å². The number of hydrogen-bond acceptors (Lipinski definition) is 3. The number of aromatic nitrogens is 2. The Labute approximate surface area is 189 Å². The minimum absolute atomic E-state index is 0.00796. The fourth-order valence-corrected chi connectivity index (χ4v) is 4.61. The smallest absolute Gasteiger partial charge is 0.321 e. The van der Waals surface area contributed by atoms with E-state index in [0.29, 0.717) is 16.4 Å². The van der Waals surface area contributed by atoms with Gasteiger partial charge in [0.25, 0.3) is 5.91 Å². The van der Waals surface area contributed by atoms with Crippen LogP contribution in [-0.2, 0) is 12.7 Å². The lowest BCUT2D eigenvalue weighted by Gasteiger charge is -2.11. The number of alkyl halides is 3. The van der Waals surface area contributed by atoms with E-state index in [9.17, 15) is 18.0 Å². The predicted molar refractivity (Wildman–Crippen MR) is 117 cm³/mol. The zero-order chi connectivity index (χ0) is 22.3. The monoisotopic (exact) mass is 483 g/mol. The number of fused-ring (bicyclic) bond motifs is 1. The highest BCUT2D eigenvalue weighted by atomic mass is 35.5. The lowest BCUT2D eigenvalue weighted by molar-refractivity contribution is -0.137. The molecule has 2 aromatic heterocycles. The van der Waals surface area contributed by atoms with Gasteiger partial charge in [0.1, 0.15) is 4.83 Å². The van der Waals surface area contributed by atoms with Crippen LogP contribution in [0.2, 0.25) is 10.0 Å². The van der Waals surface area contributed by atoms with Crippen LogP contribution in [0.1, 0.15) is 26.5 Å². The number of nitrogens with one attached hydrogen (secondary N) is 1. The lowest BCUT2D eigenvalue weighted by atomic mass is 10.2. The average molecular weight is 484 g/mol. The first-order valence-electron chi connectivity index (χ1n) is 9.02. The molecule has 1 N–H and O–H groups in total. The van der Waals surface area contributed by atoms with Gasteiger partial charge in [-0.05, 0) is 42.8 Å². The van der Waals surface area contributed by atoms with Crippen molar-refractivity contribution in [3.05, 3.63) is 80.3 Å². The standard InChI is InChI=1S/C21H14Cl2F3N3OS/c1-11-14-9-18(19(30)27-13-6-7-17(23)15(8-13)21(24,25)26)31-20(14)29(28-11)10-12-4-2-3-5-16(12)22/h2-9H,10H2,1H3,(H,27,30). The van der Waals surface area contributed by atoms with Crippen molar-refractivity contribution in [1.82, 2.24) is 9.78 Å². The number of nitrogens with zero attached hydrogens (tertiary/aromatic N) is 2. The van der Waals surface area contributed by atoms with Gasteiger partial charge in [-0.2, -0.15) is 18.3 Å². The Hall–Kier alpha value is -2.55. The summed E-state index contributed by atoms with van der Waals surface area (Å²) in [6.07, 6.45) is -4.62. The average Bonchev–Trinajstić information content (AvgIpc) is 3.26. The quantitative estimate of drug-likeness (QED) is 0.338. The number of aryl methyl sites for hydroxylation is 1. The lowest BCUT2D eigenvalue weighted by Crippen LogP contribution is -2.12. The maximum atomic E-state index is 13.1. The van der Waals surface area contributed by atoms with Crippen LogP contribution >= 0.6 is 34.5 Å². The van der Waals surface area contributed by atoms with Gasteiger partial charge in [-0.3, -0.25) is 9.48 Å². The Morgan fingerprint density at radius 3 is 2.58 bits per heavy atom. The van der Waals surface area contributed by atoms with Crippen LogP contribution in [0.4, 0.5) is 18.9 Å². The third-order valence-electron chi connectivity index (χ3n) is 4.64. The largest absolute Gasteiger partial charge is 0.417 e. The van der Waals surface area contributed by atoms with Gasteiger partial charge in [0.2, 0.25) is 0 Å². The summed E-state index contributed by atoms with van der Waals surface area (Å²) in [5.74, 6) is -0.514. The summed E-state index contributed by atoms with van der Waals surface area (Å²) in [6.45, 7) is 2.26. The van der Waals surface area contributed by atoms with Gasteiger partial charge < -0.3 is 5.32 Å². The Balaban J connectivity index is 1.62. The van der Waals surface area contributed by atoms with Gasteiger partial charge >= 0.3 is 6.18 Å². The molecule has 4 nitrogen and oxygen atoms in total. The van der Waals surface area contributed by atoms with Crippen LogP contribution in [0.5, 0.6) is 0 Å². The highest BCUT2D eigenvalue weighted by Gasteiger charge is 2.33. The van der Waals surface area contributed by atoms with Crippen LogP contribution in [0.15, 0.2) is 48.5 Å². The van der Waals surface area contributed by atoms with E-state index in [4.69, 9.17) is 23.2 Å². The fraction of sp³-hybridized carbons (Fsp3) is 0.143. The van der Waals surface area contributed by atoms with Gasteiger partial charge in [-0.15, -0.1) is 11.3 Å². The molecule has 0 unspecified atom stereocenters. The van der Waals surface area contributed by atoms with Crippen molar-refractivity contribution in [1.29, 1.82) is 0 Å². The number of hydrogen-bond donors (Lipinski definition) is 1. The normalized spacial score (nSPS) is 11.8. The summed E-state index contributed by atoms with van der Waals surface area (Å²) in [6, 6.07) is 12.3. The number of carbonyl (C=O) groups is 1. The molecular weight excluding hydrogens is 470 g/mol. The first-order chi connectivity index (χ1) is 14.6. The van der Waals surface area contributed by atoms with Crippen molar-refractivity contribution >= 4 is 56.3 Å². The molecular formula is C21H14Cl2F3N3OS. The molecule has 0 aliphatic heterocycles. The summed E-state index contributed by atoms with van der Waals surface area (Å²) in [5.41, 5.74) is 0.625. The topological polar surface area (TPSA) is 46.9 Å². The molecule has 4 rings (SSSR count). The van der Waals surface area contributed by atoms with Crippen LogP contribution in [-0.4, -0.2) is 15.7 Å². The number of thiophene rings is 1. The highest BCUT2D eigenvalue weighted by molar-refractivity contribution is 7.20. The fourth-order valence-electron chi connectivity index (χ4n) is 3.13. The maximum absolute atomic E-state index is 13.1. The van der Waals surface area contributed by atoms with E-state index in [1.54, 1.807) is 16.8 Å². The molecule has 160 valence electrons. The van der Waals surface area contributed by atoms with Crippen molar-refractivity contribution in [2.45, 2.75) is 19.6 Å². The minimum atomic E-state index is -4.62. The zero-order valence-corrected chi connectivity index (χ0v) is 18.3. The second-order valence-electron chi connectivity index (χ2n) is 6.81. The molecule has 0 fully saturated rings. The second-order valence-corrected chi connectivity index (χ2v) is 8.66. The Morgan fingerprint density at radius 2 is 1.87 bits per heavy atom. The van der Waals surface area contributed by atoms with Crippen molar-refractivity contribution in [2.24, 2.45) is 0 Å². The molecule has 31 heavy (non-hydrogen) atoms. The van der Waals surface area contributed by atoms with E-state index in [-0.39, 0.29) is 5.69 Å². The van der Waals surface area contributed by atoms with Gasteiger partial charge in [0, 0.05) is 16.1 Å². The SMILES string of the molecule is Cc1nn(Cc2ccccc2Cl)c2sc(C(=O)Nc3ccc(Cl)c(C(F)(F)F)c3)cc12. The van der Waals surface area contributed by atoms with Gasteiger partial charge in [0.15, 0.2) is 0 Å². The number of carbonyl (C=O) groups excluding carboxylic acids is 1. The van der Waals surface area contributed by atoms with Crippen LogP contribution < -0.4 is 5.32 Å². The van der Waals surface area contributed by atoms with Crippen molar-refractivity contribution in [3.63, 3.8) is 0 Å². The summed E-state index contributed by atoms with van der Waals surface area (Å²) in [5, 5.41) is 8.01. The number of anilines is 1. The number of benzene rings is 2. The van der Waals surface area contributed by atoms with Gasteiger partial charge in [-0.25, -0.2) is 0 Å². The van der Waals surface area contributed by atoms with Crippen molar-refractivity contribution < 1.29 is 18.0 Å². The van der Waals surface area contributed by atoms with E-state index in [0.717, 1.165) is 33.6 Å². The third-order valence-corrected chi connectivity index (χ3v) is 6.48. The molecule has 0 spiro atoms. The van der Waals surface area contributed by atoms with Crippen LogP contribution in [0.25, 0.3) is 10.2 Å². The van der Waals surface area contributed by atoms with E-state index < -0.39 is 22.7 Å². The summed E-state index contributed by atoms with van der Waals surface area (Å²) in [4.78, 5) is 13.8. The Bertz CT molecular complexity index is 1300. The highest BCUT2D eigenvalue weighted by Crippen LogP contribution is 2.36. The molecule has 0 bridgehead atoms. The molecule has 0 aliphatic rings. The van der Waals surface area contributed by atoms with Gasteiger partial charge in [0.05, 0.1) is 27.7 Å². The van der Waals surface area contributed by atoms with Crippen molar-refractivity contribution in [2.75, 3.05) is 5.32 Å². The first kappa shape index (κ1) is 21.7. The summed E-state index contributed by atoms with van der Waals surface area (Å²) >= 11 is 13.1. The molecule has 0 radical (unpaired) electrons. The molecule has 2 heterocycles. The van der Waals surface area contributed by atoms with Crippen LogP contribution in [0.3, 0.4) is 0 Å². The molecule has 0 saturated heterocycles. The zero-order valence-electron chi connectivity index (χ0n) is 15.9. The molecule has 0 atom stereocenters. The Kier molecular flexibility index (Phi) is 5.72. The predicted octanol–water partition coefficient (Wildman–Crippen LogP) is 7.03. The number of rotatable bonds is 4. The minimum Gasteiger partial charge on any atom is -0.321 e.